The lowest BCUT2D eigenvalue weighted by atomic mass is 10.1. The van der Waals surface area contributed by atoms with Crippen LogP contribution < -0.4 is 10.6 Å². The van der Waals surface area contributed by atoms with Gasteiger partial charge < -0.3 is 20.7 Å². The van der Waals surface area contributed by atoms with Crippen LogP contribution in [0.2, 0.25) is 0 Å². The van der Waals surface area contributed by atoms with Gasteiger partial charge in [0.1, 0.15) is 12.1 Å². The lowest BCUT2D eigenvalue weighted by Gasteiger charge is -2.19. The molecule has 2 atom stereocenters. The van der Waals surface area contributed by atoms with E-state index in [0.717, 1.165) is 5.69 Å². The Kier molecular flexibility index (Phi) is 5.13. The minimum Gasteiger partial charge on any atom is -0.480 e. The summed E-state index contributed by atoms with van der Waals surface area (Å²) in [5.74, 6) is -1.47. The Bertz CT molecular complexity index is 613. The van der Waals surface area contributed by atoms with E-state index < -0.39 is 18.1 Å². The maximum atomic E-state index is 12.1. The number of carboxylic acid groups (broad SMARTS) is 1. The van der Waals surface area contributed by atoms with Gasteiger partial charge in [-0.1, -0.05) is 18.2 Å². The molecule has 4 N–H and O–H groups in total. The first kappa shape index (κ1) is 15.6. The number of nitrogens with one attached hydrogen (secondary N) is 3. The Morgan fingerprint density at radius 1 is 1.32 bits per heavy atom. The second kappa shape index (κ2) is 7.26. The summed E-state index contributed by atoms with van der Waals surface area (Å²) in [5, 5.41) is 14.8. The monoisotopic (exact) mass is 302 g/mol. The number of imidazole rings is 1. The zero-order valence-electron chi connectivity index (χ0n) is 12.1. The Hall–Kier alpha value is -2.83. The number of amides is 1. The van der Waals surface area contributed by atoms with E-state index in [4.69, 9.17) is 0 Å². The maximum absolute atomic E-state index is 12.1. The Labute approximate surface area is 127 Å². The molecule has 116 valence electrons. The van der Waals surface area contributed by atoms with E-state index in [1.54, 1.807) is 6.92 Å². The van der Waals surface area contributed by atoms with Crippen molar-refractivity contribution in [3.05, 3.63) is 48.5 Å². The summed E-state index contributed by atoms with van der Waals surface area (Å²) in [6.07, 6.45) is 3.16. The van der Waals surface area contributed by atoms with Crippen LogP contribution in [0.5, 0.6) is 0 Å². The van der Waals surface area contributed by atoms with Gasteiger partial charge >= 0.3 is 5.97 Å². The molecule has 22 heavy (non-hydrogen) atoms. The number of hydrogen-bond donors (Lipinski definition) is 4. The van der Waals surface area contributed by atoms with Crippen molar-refractivity contribution in [2.45, 2.75) is 25.4 Å². The number of aliphatic carboxylic acids is 1. The zero-order valence-corrected chi connectivity index (χ0v) is 12.1. The highest BCUT2D eigenvalue weighted by Crippen LogP contribution is 2.07. The van der Waals surface area contributed by atoms with Crippen LogP contribution >= 0.6 is 0 Å². The number of hydrogen-bond acceptors (Lipinski definition) is 4. The third-order valence-corrected chi connectivity index (χ3v) is 3.14. The van der Waals surface area contributed by atoms with Crippen molar-refractivity contribution >= 4 is 17.6 Å². The number of carboxylic acids is 1. The second-order valence-corrected chi connectivity index (χ2v) is 4.91. The third-order valence-electron chi connectivity index (χ3n) is 3.14. The molecule has 0 aliphatic carbocycles. The number of aromatic nitrogens is 2. The van der Waals surface area contributed by atoms with Crippen molar-refractivity contribution in [3.8, 4) is 0 Å². The highest BCUT2D eigenvalue weighted by molar-refractivity contribution is 5.88. The van der Waals surface area contributed by atoms with Gasteiger partial charge in [-0.25, -0.2) is 9.78 Å². The van der Waals surface area contributed by atoms with E-state index in [0.29, 0.717) is 5.69 Å². The summed E-state index contributed by atoms with van der Waals surface area (Å²) >= 11 is 0. The summed E-state index contributed by atoms with van der Waals surface area (Å²) in [7, 11) is 0. The molecule has 7 nitrogen and oxygen atoms in total. The third kappa shape index (κ3) is 4.34. The molecule has 2 rings (SSSR count). The van der Waals surface area contributed by atoms with E-state index in [1.165, 1.54) is 12.5 Å². The van der Waals surface area contributed by atoms with Crippen molar-refractivity contribution in [1.82, 2.24) is 15.3 Å². The normalized spacial score (nSPS) is 13.1. The number of nitrogens with zero attached hydrogens (tertiary/aromatic N) is 1. The number of anilines is 1. The number of carbonyl (C=O) groups excluding carboxylic acids is 1. The van der Waals surface area contributed by atoms with E-state index in [1.807, 2.05) is 30.3 Å². The minimum atomic E-state index is -1.09. The summed E-state index contributed by atoms with van der Waals surface area (Å²) < 4.78 is 0. The Balaban J connectivity index is 1.94. The van der Waals surface area contributed by atoms with Gasteiger partial charge in [-0.05, 0) is 19.1 Å². The van der Waals surface area contributed by atoms with E-state index >= 15 is 0 Å². The lowest BCUT2D eigenvalue weighted by Crippen LogP contribution is -2.47. The molecular weight excluding hydrogens is 284 g/mol. The molecule has 0 bridgehead atoms. The Morgan fingerprint density at radius 3 is 2.64 bits per heavy atom. The van der Waals surface area contributed by atoms with Crippen LogP contribution in [-0.2, 0) is 16.0 Å². The SMILES string of the molecule is C[C@H](Nc1ccccc1)C(=O)N[C@@H](Cc1cnc[nH]1)C(=O)O. The number of rotatable bonds is 7. The highest BCUT2D eigenvalue weighted by Gasteiger charge is 2.23. The fourth-order valence-corrected chi connectivity index (χ4v) is 1.96. The topological polar surface area (TPSA) is 107 Å². The van der Waals surface area contributed by atoms with Crippen LogP contribution in [0.3, 0.4) is 0 Å². The van der Waals surface area contributed by atoms with Crippen molar-refractivity contribution in [1.29, 1.82) is 0 Å². The van der Waals surface area contributed by atoms with Crippen LogP contribution in [-0.4, -0.2) is 39.0 Å². The first-order chi connectivity index (χ1) is 10.6. The fourth-order valence-electron chi connectivity index (χ4n) is 1.96. The largest absolute Gasteiger partial charge is 0.480 e. The first-order valence-electron chi connectivity index (χ1n) is 6.88. The molecule has 0 unspecified atom stereocenters. The van der Waals surface area contributed by atoms with Gasteiger partial charge in [0, 0.05) is 24.0 Å². The number of aromatic amines is 1. The van der Waals surface area contributed by atoms with Crippen molar-refractivity contribution < 1.29 is 14.7 Å². The number of benzene rings is 1. The molecule has 7 heteroatoms. The molecule has 0 saturated carbocycles. The molecule has 0 aliphatic heterocycles. The standard InChI is InChI=1S/C15H18N4O3/c1-10(18-11-5-3-2-4-6-11)14(20)19-13(15(21)22)7-12-8-16-9-17-12/h2-6,8-10,13,18H,7H2,1H3,(H,16,17)(H,19,20)(H,21,22)/t10-,13-/m0/s1. The van der Waals surface area contributed by atoms with Crippen LogP contribution in [0.25, 0.3) is 0 Å². The molecular formula is C15H18N4O3. The zero-order chi connectivity index (χ0) is 15.9. The first-order valence-corrected chi connectivity index (χ1v) is 6.88. The number of H-pyrrole nitrogens is 1. The predicted octanol–water partition coefficient (Wildman–Crippen LogP) is 1.02. The van der Waals surface area contributed by atoms with Gasteiger partial charge in [-0.2, -0.15) is 0 Å². The van der Waals surface area contributed by atoms with Crippen molar-refractivity contribution in [2.24, 2.45) is 0 Å². The number of para-hydroxylation sites is 1. The van der Waals surface area contributed by atoms with E-state index in [9.17, 15) is 14.7 Å². The molecule has 0 spiro atoms. The smallest absolute Gasteiger partial charge is 0.326 e. The van der Waals surface area contributed by atoms with Crippen molar-refractivity contribution in [3.63, 3.8) is 0 Å². The molecule has 0 fully saturated rings. The molecule has 1 amide bonds. The Morgan fingerprint density at radius 2 is 2.05 bits per heavy atom. The van der Waals surface area contributed by atoms with Gasteiger partial charge in [0.05, 0.1) is 6.33 Å². The molecule has 0 aliphatic rings. The van der Waals surface area contributed by atoms with Crippen LogP contribution in [0.1, 0.15) is 12.6 Å². The maximum Gasteiger partial charge on any atom is 0.326 e. The average Bonchev–Trinajstić information content (AvgIpc) is 3.00. The van der Waals surface area contributed by atoms with Crippen LogP contribution in [0, 0.1) is 0 Å². The molecule has 0 radical (unpaired) electrons. The van der Waals surface area contributed by atoms with Crippen LogP contribution in [0.15, 0.2) is 42.9 Å². The van der Waals surface area contributed by atoms with Gasteiger partial charge in [-0.3, -0.25) is 4.79 Å². The number of carbonyl (C=O) groups is 2. The van der Waals surface area contributed by atoms with Gasteiger partial charge in [0.2, 0.25) is 5.91 Å². The summed E-state index contributed by atoms with van der Waals surface area (Å²) in [6.45, 7) is 1.68. The summed E-state index contributed by atoms with van der Waals surface area (Å²) in [4.78, 5) is 30.1. The van der Waals surface area contributed by atoms with Gasteiger partial charge in [0.15, 0.2) is 0 Å². The quantitative estimate of drug-likeness (QED) is 0.611. The van der Waals surface area contributed by atoms with Crippen LogP contribution in [0.4, 0.5) is 5.69 Å². The van der Waals surface area contributed by atoms with E-state index in [2.05, 4.69) is 20.6 Å². The second-order valence-electron chi connectivity index (χ2n) is 4.91. The fraction of sp³-hybridized carbons (Fsp3) is 0.267. The van der Waals surface area contributed by atoms with Gasteiger partial charge in [-0.15, -0.1) is 0 Å². The molecule has 1 aromatic heterocycles. The predicted molar refractivity (Wildman–Crippen MR) is 81.4 cm³/mol. The minimum absolute atomic E-state index is 0.152. The molecule has 1 aromatic carbocycles. The molecule has 2 aromatic rings. The molecule has 0 saturated heterocycles. The highest BCUT2D eigenvalue weighted by atomic mass is 16.4. The lowest BCUT2D eigenvalue weighted by molar-refractivity contribution is -0.141. The summed E-state index contributed by atoms with van der Waals surface area (Å²) in [6, 6.07) is 7.70. The van der Waals surface area contributed by atoms with Crippen molar-refractivity contribution in [2.75, 3.05) is 5.32 Å². The van der Waals surface area contributed by atoms with Gasteiger partial charge in [0.25, 0.3) is 0 Å². The average molecular weight is 302 g/mol. The van der Waals surface area contributed by atoms with E-state index in [-0.39, 0.29) is 12.3 Å². The molecule has 1 heterocycles. The summed E-state index contributed by atoms with van der Waals surface area (Å²) in [5.41, 5.74) is 1.45.